The third-order valence-corrected chi connectivity index (χ3v) is 3.89. The van der Waals surface area contributed by atoms with Crippen LogP contribution in [0.2, 0.25) is 0 Å². The zero-order valence-corrected chi connectivity index (χ0v) is 12.3. The first-order valence-electron chi connectivity index (χ1n) is 6.60. The third-order valence-electron chi connectivity index (χ3n) is 3.53. The minimum atomic E-state index is -0.215. The highest BCUT2D eigenvalue weighted by Gasteiger charge is 2.24. The number of amides is 1. The predicted molar refractivity (Wildman–Crippen MR) is 82.7 cm³/mol. The van der Waals surface area contributed by atoms with Gasteiger partial charge in [-0.25, -0.2) is 0 Å². The molecule has 0 atom stereocenters. The summed E-state index contributed by atoms with van der Waals surface area (Å²) in [6, 6.07) is 7.63. The number of thiocarbonyl (C=S) groups is 1. The highest BCUT2D eigenvalue weighted by molar-refractivity contribution is 7.80. The highest BCUT2D eigenvalue weighted by atomic mass is 32.1. The number of carbonyl (C=O) groups excluding carboxylic acids is 1. The number of piperidine rings is 1. The van der Waals surface area contributed by atoms with Crippen molar-refractivity contribution < 1.29 is 9.53 Å². The van der Waals surface area contributed by atoms with E-state index in [2.05, 4.69) is 10.2 Å². The van der Waals surface area contributed by atoms with E-state index in [0.717, 1.165) is 37.4 Å². The number of carbonyl (C=O) groups is 1. The Kier molecular flexibility index (Phi) is 4.79. The maximum Gasteiger partial charge on any atom is 0.220 e. The van der Waals surface area contributed by atoms with Crippen LogP contribution in [0.4, 0.5) is 5.69 Å². The normalized spacial score (nSPS) is 15.8. The lowest BCUT2D eigenvalue weighted by molar-refractivity contribution is -0.122. The van der Waals surface area contributed by atoms with Crippen molar-refractivity contribution in [3.8, 4) is 5.75 Å². The van der Waals surface area contributed by atoms with Gasteiger partial charge in [-0.05, 0) is 37.2 Å². The van der Waals surface area contributed by atoms with E-state index in [0.29, 0.717) is 5.11 Å². The molecule has 5 nitrogen and oxygen atoms in total. The van der Waals surface area contributed by atoms with Gasteiger partial charge >= 0.3 is 0 Å². The van der Waals surface area contributed by atoms with Crippen molar-refractivity contribution in [2.75, 3.05) is 25.5 Å². The Labute approximate surface area is 124 Å². The van der Waals surface area contributed by atoms with Crippen molar-refractivity contribution >= 4 is 28.9 Å². The summed E-state index contributed by atoms with van der Waals surface area (Å²) in [5, 5.41) is 3.84. The van der Waals surface area contributed by atoms with Crippen molar-refractivity contribution in [2.24, 2.45) is 11.7 Å². The molecule has 0 bridgehead atoms. The number of nitrogens with two attached hydrogens (primary N) is 1. The van der Waals surface area contributed by atoms with Crippen molar-refractivity contribution in [1.82, 2.24) is 4.90 Å². The highest BCUT2D eigenvalue weighted by Crippen LogP contribution is 2.24. The van der Waals surface area contributed by atoms with Gasteiger partial charge < -0.3 is 20.7 Å². The van der Waals surface area contributed by atoms with E-state index in [1.165, 1.54) is 0 Å². The fraction of sp³-hybridized carbons (Fsp3) is 0.429. The Morgan fingerprint density at radius 2 is 2.05 bits per heavy atom. The standard InChI is InChI=1S/C14H19N3O2S/c1-19-12-5-3-2-4-11(12)16-14(20)17-8-6-10(7-9-17)13(15)18/h2-5,10H,6-9H2,1H3,(H2,15,18)(H,16,20). The number of rotatable bonds is 3. The van der Waals surface area contributed by atoms with Gasteiger partial charge in [0.1, 0.15) is 5.75 Å². The number of likely N-dealkylation sites (tertiary alicyclic amines) is 1. The Bertz CT molecular complexity index is 499. The Balaban J connectivity index is 1.94. The second-order valence-corrected chi connectivity index (χ2v) is 5.18. The predicted octanol–water partition coefficient (Wildman–Crippen LogP) is 1.59. The molecule has 6 heteroatoms. The van der Waals surface area contributed by atoms with Crippen molar-refractivity contribution in [3.05, 3.63) is 24.3 Å². The summed E-state index contributed by atoms with van der Waals surface area (Å²) >= 11 is 5.41. The van der Waals surface area contributed by atoms with Crippen LogP contribution in [0.5, 0.6) is 5.75 Å². The topological polar surface area (TPSA) is 67.6 Å². The van der Waals surface area contributed by atoms with Crippen LogP contribution in [0.25, 0.3) is 0 Å². The molecule has 1 heterocycles. The summed E-state index contributed by atoms with van der Waals surface area (Å²) < 4.78 is 5.28. The molecule has 1 fully saturated rings. The number of hydrogen-bond donors (Lipinski definition) is 2. The van der Waals surface area contributed by atoms with E-state index in [9.17, 15) is 4.79 Å². The van der Waals surface area contributed by atoms with Gasteiger partial charge in [-0.3, -0.25) is 4.79 Å². The summed E-state index contributed by atoms with van der Waals surface area (Å²) in [6.07, 6.45) is 1.51. The molecule has 1 aromatic rings. The summed E-state index contributed by atoms with van der Waals surface area (Å²) in [7, 11) is 1.63. The summed E-state index contributed by atoms with van der Waals surface area (Å²) in [6.45, 7) is 1.49. The number of para-hydroxylation sites is 2. The average Bonchev–Trinajstić information content (AvgIpc) is 2.48. The maximum atomic E-state index is 11.1. The van der Waals surface area contributed by atoms with E-state index in [1.807, 2.05) is 24.3 Å². The molecule has 2 rings (SSSR count). The molecule has 0 aromatic heterocycles. The number of nitrogens with one attached hydrogen (secondary N) is 1. The van der Waals surface area contributed by atoms with E-state index in [-0.39, 0.29) is 11.8 Å². The van der Waals surface area contributed by atoms with Gasteiger partial charge in [0.05, 0.1) is 12.8 Å². The molecule has 3 N–H and O–H groups in total. The maximum absolute atomic E-state index is 11.1. The lowest BCUT2D eigenvalue weighted by Gasteiger charge is -2.32. The van der Waals surface area contributed by atoms with Crippen LogP contribution in [-0.2, 0) is 4.79 Å². The number of hydrogen-bond acceptors (Lipinski definition) is 3. The van der Waals surface area contributed by atoms with Gasteiger partial charge in [-0.2, -0.15) is 0 Å². The lowest BCUT2D eigenvalue weighted by Crippen LogP contribution is -2.43. The molecule has 1 aliphatic heterocycles. The van der Waals surface area contributed by atoms with E-state index in [4.69, 9.17) is 22.7 Å². The van der Waals surface area contributed by atoms with Gasteiger partial charge in [0, 0.05) is 19.0 Å². The number of methoxy groups -OCH3 is 1. The quantitative estimate of drug-likeness (QED) is 0.828. The smallest absolute Gasteiger partial charge is 0.220 e. The number of benzene rings is 1. The first-order valence-corrected chi connectivity index (χ1v) is 7.01. The monoisotopic (exact) mass is 293 g/mol. The molecule has 1 saturated heterocycles. The van der Waals surface area contributed by atoms with Gasteiger partial charge in [-0.15, -0.1) is 0 Å². The number of primary amides is 1. The Morgan fingerprint density at radius 3 is 2.65 bits per heavy atom. The van der Waals surface area contributed by atoms with Crippen LogP contribution < -0.4 is 15.8 Å². The molecule has 108 valence electrons. The van der Waals surface area contributed by atoms with Crippen LogP contribution in [0.15, 0.2) is 24.3 Å². The zero-order chi connectivity index (χ0) is 14.5. The largest absolute Gasteiger partial charge is 0.495 e. The van der Waals surface area contributed by atoms with Crippen LogP contribution in [0, 0.1) is 5.92 Å². The number of nitrogens with zero attached hydrogens (tertiary/aromatic N) is 1. The van der Waals surface area contributed by atoms with Crippen LogP contribution in [0.3, 0.4) is 0 Å². The third kappa shape index (κ3) is 3.39. The van der Waals surface area contributed by atoms with Crippen molar-refractivity contribution in [1.29, 1.82) is 0 Å². The second kappa shape index (κ2) is 6.56. The van der Waals surface area contributed by atoms with Gasteiger partial charge in [0.25, 0.3) is 0 Å². The second-order valence-electron chi connectivity index (χ2n) is 4.79. The summed E-state index contributed by atoms with van der Waals surface area (Å²) in [4.78, 5) is 13.2. The van der Waals surface area contributed by atoms with Crippen LogP contribution in [-0.4, -0.2) is 36.1 Å². The molecular weight excluding hydrogens is 274 g/mol. The molecule has 0 aliphatic carbocycles. The summed E-state index contributed by atoms with van der Waals surface area (Å²) in [5.74, 6) is 0.510. The molecule has 0 radical (unpaired) electrons. The van der Waals surface area contributed by atoms with Gasteiger partial charge in [0.15, 0.2) is 5.11 Å². The molecule has 0 spiro atoms. The van der Waals surface area contributed by atoms with E-state index in [1.54, 1.807) is 7.11 Å². The fourth-order valence-corrected chi connectivity index (χ4v) is 2.60. The lowest BCUT2D eigenvalue weighted by atomic mass is 9.97. The molecule has 0 unspecified atom stereocenters. The molecule has 1 aliphatic rings. The number of anilines is 1. The summed E-state index contributed by atoms with van der Waals surface area (Å²) in [5.41, 5.74) is 6.17. The van der Waals surface area contributed by atoms with Crippen molar-refractivity contribution in [2.45, 2.75) is 12.8 Å². The van der Waals surface area contributed by atoms with Crippen LogP contribution in [0.1, 0.15) is 12.8 Å². The molecule has 1 aromatic carbocycles. The zero-order valence-electron chi connectivity index (χ0n) is 11.5. The molecule has 20 heavy (non-hydrogen) atoms. The first-order chi connectivity index (χ1) is 9.61. The minimum absolute atomic E-state index is 0.0275. The van der Waals surface area contributed by atoms with Crippen LogP contribution >= 0.6 is 12.2 Å². The minimum Gasteiger partial charge on any atom is -0.495 e. The molecular formula is C14H19N3O2S. The van der Waals surface area contributed by atoms with Crippen molar-refractivity contribution in [3.63, 3.8) is 0 Å². The van der Waals surface area contributed by atoms with Gasteiger partial charge in [-0.1, -0.05) is 12.1 Å². The Hall–Kier alpha value is -1.82. The van der Waals surface area contributed by atoms with E-state index < -0.39 is 0 Å². The first kappa shape index (κ1) is 14.6. The molecule has 1 amide bonds. The fourth-order valence-electron chi connectivity index (χ4n) is 2.31. The SMILES string of the molecule is COc1ccccc1NC(=S)N1CCC(C(N)=O)CC1. The van der Waals surface area contributed by atoms with E-state index >= 15 is 0 Å². The number of ether oxygens (including phenoxy) is 1. The molecule has 0 saturated carbocycles. The average molecular weight is 293 g/mol. The Morgan fingerprint density at radius 1 is 1.40 bits per heavy atom. The van der Waals surface area contributed by atoms with Gasteiger partial charge in [0.2, 0.25) is 5.91 Å².